The van der Waals surface area contributed by atoms with Crippen LogP contribution in [-0.4, -0.2) is 16.9 Å². The standard InChI is InChI=1S/C15H13FN2O3/c1-9(19)17-10-4-2-5-11(8-10)18-15(21)14-12(16)6-3-7-13(14)20/h2-8,20H,1H3,(H,17,19)(H,18,21). The molecule has 0 spiro atoms. The lowest BCUT2D eigenvalue weighted by Crippen LogP contribution is -2.14. The minimum Gasteiger partial charge on any atom is -0.507 e. The summed E-state index contributed by atoms with van der Waals surface area (Å²) in [4.78, 5) is 23.0. The molecule has 0 heterocycles. The Kier molecular flexibility index (Phi) is 4.18. The molecule has 21 heavy (non-hydrogen) atoms. The zero-order valence-corrected chi connectivity index (χ0v) is 11.2. The Labute approximate surface area is 120 Å². The highest BCUT2D eigenvalue weighted by Crippen LogP contribution is 2.22. The summed E-state index contributed by atoms with van der Waals surface area (Å²) >= 11 is 0. The molecule has 0 atom stereocenters. The largest absolute Gasteiger partial charge is 0.507 e. The molecule has 0 aliphatic heterocycles. The minimum absolute atomic E-state index is 0.245. The highest BCUT2D eigenvalue weighted by Gasteiger charge is 2.16. The van der Waals surface area contributed by atoms with Gasteiger partial charge in [-0.2, -0.15) is 0 Å². The quantitative estimate of drug-likeness (QED) is 0.812. The second-order valence-electron chi connectivity index (χ2n) is 4.35. The number of hydrogen-bond donors (Lipinski definition) is 3. The molecule has 0 unspecified atom stereocenters. The number of carbonyl (C=O) groups excluding carboxylic acids is 2. The molecule has 0 aliphatic carbocycles. The van der Waals surface area contributed by atoms with E-state index < -0.39 is 23.0 Å². The van der Waals surface area contributed by atoms with E-state index in [1.165, 1.54) is 25.1 Å². The topological polar surface area (TPSA) is 78.4 Å². The van der Waals surface area contributed by atoms with Gasteiger partial charge >= 0.3 is 0 Å². The minimum atomic E-state index is -0.814. The molecule has 0 bridgehead atoms. The van der Waals surface area contributed by atoms with Crippen LogP contribution < -0.4 is 10.6 Å². The molecule has 0 radical (unpaired) electrons. The molecule has 0 saturated carbocycles. The maximum absolute atomic E-state index is 13.6. The molecular weight excluding hydrogens is 275 g/mol. The number of benzene rings is 2. The van der Waals surface area contributed by atoms with Crippen LogP contribution in [0.1, 0.15) is 17.3 Å². The monoisotopic (exact) mass is 288 g/mol. The molecule has 2 amide bonds. The van der Waals surface area contributed by atoms with Crippen LogP contribution >= 0.6 is 0 Å². The summed E-state index contributed by atoms with van der Waals surface area (Å²) in [6.07, 6.45) is 0. The third kappa shape index (κ3) is 3.56. The number of carbonyl (C=O) groups is 2. The third-order valence-electron chi connectivity index (χ3n) is 2.66. The van der Waals surface area contributed by atoms with Crippen molar-refractivity contribution in [2.75, 3.05) is 10.6 Å². The summed E-state index contributed by atoms with van der Waals surface area (Å²) in [5, 5.41) is 14.6. The number of phenolic OH excluding ortho intramolecular Hbond substituents is 1. The maximum Gasteiger partial charge on any atom is 0.262 e. The number of amides is 2. The van der Waals surface area contributed by atoms with Gasteiger partial charge < -0.3 is 15.7 Å². The maximum atomic E-state index is 13.6. The van der Waals surface area contributed by atoms with Crippen LogP contribution in [0.4, 0.5) is 15.8 Å². The molecule has 2 aromatic carbocycles. The fraction of sp³-hybridized carbons (Fsp3) is 0.0667. The number of rotatable bonds is 3. The average molecular weight is 288 g/mol. The van der Waals surface area contributed by atoms with Gasteiger partial charge in [0.1, 0.15) is 17.1 Å². The predicted octanol–water partition coefficient (Wildman–Crippen LogP) is 2.74. The number of phenols is 1. The summed E-state index contributed by atoms with van der Waals surface area (Å²) in [6, 6.07) is 10.0. The van der Waals surface area contributed by atoms with E-state index in [1.54, 1.807) is 18.2 Å². The van der Waals surface area contributed by atoms with Crippen molar-refractivity contribution in [2.24, 2.45) is 0 Å². The van der Waals surface area contributed by atoms with Crippen molar-refractivity contribution in [3.05, 3.63) is 53.8 Å². The van der Waals surface area contributed by atoms with Gasteiger partial charge in [-0.25, -0.2) is 4.39 Å². The van der Waals surface area contributed by atoms with Crippen LogP contribution in [0.3, 0.4) is 0 Å². The number of aromatic hydroxyl groups is 1. The van der Waals surface area contributed by atoms with Gasteiger partial charge in [0.2, 0.25) is 5.91 Å². The van der Waals surface area contributed by atoms with E-state index in [-0.39, 0.29) is 5.91 Å². The molecule has 0 aromatic heterocycles. The van der Waals surface area contributed by atoms with Crippen molar-refractivity contribution in [1.82, 2.24) is 0 Å². The van der Waals surface area contributed by atoms with Gasteiger partial charge in [0.25, 0.3) is 5.91 Å². The molecular formula is C15H13FN2O3. The van der Waals surface area contributed by atoms with Gasteiger partial charge in [-0.15, -0.1) is 0 Å². The van der Waals surface area contributed by atoms with Crippen molar-refractivity contribution in [3.8, 4) is 5.75 Å². The van der Waals surface area contributed by atoms with Crippen molar-refractivity contribution in [2.45, 2.75) is 6.92 Å². The summed E-state index contributed by atoms with van der Waals surface area (Å²) in [7, 11) is 0. The number of hydrogen-bond acceptors (Lipinski definition) is 3. The molecule has 2 rings (SSSR count). The zero-order valence-electron chi connectivity index (χ0n) is 11.2. The lowest BCUT2D eigenvalue weighted by atomic mass is 10.1. The first-order valence-corrected chi connectivity index (χ1v) is 6.14. The molecule has 0 fully saturated rings. The van der Waals surface area contributed by atoms with Crippen molar-refractivity contribution in [1.29, 1.82) is 0 Å². The van der Waals surface area contributed by atoms with Crippen LogP contribution in [0.5, 0.6) is 5.75 Å². The highest BCUT2D eigenvalue weighted by molar-refractivity contribution is 6.06. The van der Waals surface area contributed by atoms with Gasteiger partial charge in [-0.3, -0.25) is 9.59 Å². The van der Waals surface area contributed by atoms with E-state index in [1.807, 2.05) is 0 Å². The normalized spacial score (nSPS) is 10.0. The van der Waals surface area contributed by atoms with E-state index in [9.17, 15) is 19.1 Å². The molecule has 6 heteroatoms. The first-order valence-electron chi connectivity index (χ1n) is 6.14. The Morgan fingerprint density at radius 2 is 1.67 bits per heavy atom. The number of nitrogens with one attached hydrogen (secondary N) is 2. The van der Waals surface area contributed by atoms with Gasteiger partial charge in [-0.05, 0) is 30.3 Å². The molecule has 0 saturated heterocycles. The molecule has 3 N–H and O–H groups in total. The first-order chi connectivity index (χ1) is 9.97. The van der Waals surface area contributed by atoms with Crippen molar-refractivity contribution in [3.63, 3.8) is 0 Å². The summed E-state index contributed by atoms with van der Waals surface area (Å²) in [5.41, 5.74) is 0.439. The Hall–Kier alpha value is -2.89. The number of anilines is 2. The molecule has 0 aliphatic rings. The lowest BCUT2D eigenvalue weighted by Gasteiger charge is -2.09. The predicted molar refractivity (Wildman–Crippen MR) is 76.8 cm³/mol. The van der Waals surface area contributed by atoms with Crippen LogP contribution in [0.25, 0.3) is 0 Å². The van der Waals surface area contributed by atoms with Crippen LogP contribution in [-0.2, 0) is 4.79 Å². The first kappa shape index (κ1) is 14.5. The van der Waals surface area contributed by atoms with E-state index >= 15 is 0 Å². The SMILES string of the molecule is CC(=O)Nc1cccc(NC(=O)c2c(O)cccc2F)c1. The van der Waals surface area contributed by atoms with E-state index in [4.69, 9.17) is 0 Å². The van der Waals surface area contributed by atoms with Gasteiger partial charge in [-0.1, -0.05) is 12.1 Å². The van der Waals surface area contributed by atoms with Crippen LogP contribution in [0.15, 0.2) is 42.5 Å². The van der Waals surface area contributed by atoms with E-state index in [2.05, 4.69) is 10.6 Å². The summed E-state index contributed by atoms with van der Waals surface area (Å²) in [5.74, 6) is -2.27. The Balaban J connectivity index is 2.22. The highest BCUT2D eigenvalue weighted by atomic mass is 19.1. The number of halogens is 1. The second kappa shape index (κ2) is 6.04. The Morgan fingerprint density at radius 3 is 2.29 bits per heavy atom. The molecule has 5 nitrogen and oxygen atoms in total. The van der Waals surface area contributed by atoms with Gasteiger partial charge in [0.05, 0.1) is 0 Å². The summed E-state index contributed by atoms with van der Waals surface area (Å²) in [6.45, 7) is 1.36. The van der Waals surface area contributed by atoms with Crippen molar-refractivity contribution < 1.29 is 19.1 Å². The van der Waals surface area contributed by atoms with Crippen LogP contribution in [0.2, 0.25) is 0 Å². The lowest BCUT2D eigenvalue weighted by molar-refractivity contribution is -0.114. The zero-order chi connectivity index (χ0) is 15.4. The fourth-order valence-corrected chi connectivity index (χ4v) is 1.81. The van der Waals surface area contributed by atoms with Gasteiger partial charge in [0.15, 0.2) is 0 Å². The van der Waals surface area contributed by atoms with E-state index in [0.29, 0.717) is 11.4 Å². The molecule has 108 valence electrons. The van der Waals surface area contributed by atoms with Crippen LogP contribution in [0, 0.1) is 5.82 Å². The Morgan fingerprint density at radius 1 is 1.05 bits per heavy atom. The smallest absolute Gasteiger partial charge is 0.262 e. The third-order valence-corrected chi connectivity index (χ3v) is 2.66. The molecule has 2 aromatic rings. The fourth-order valence-electron chi connectivity index (χ4n) is 1.81. The summed E-state index contributed by atoms with van der Waals surface area (Å²) < 4.78 is 13.6. The van der Waals surface area contributed by atoms with Gasteiger partial charge in [0, 0.05) is 18.3 Å². The second-order valence-corrected chi connectivity index (χ2v) is 4.35. The Bertz CT molecular complexity index is 681. The average Bonchev–Trinajstić information content (AvgIpc) is 2.37. The van der Waals surface area contributed by atoms with E-state index in [0.717, 1.165) is 6.07 Å². The van der Waals surface area contributed by atoms with Crippen molar-refractivity contribution >= 4 is 23.2 Å².